The second-order valence-electron chi connectivity index (χ2n) is 4.04. The van der Waals surface area contributed by atoms with Crippen LogP contribution in [0.3, 0.4) is 0 Å². The first-order chi connectivity index (χ1) is 7.74. The first kappa shape index (κ1) is 9.97. The van der Waals surface area contributed by atoms with Gasteiger partial charge < -0.3 is 9.47 Å². The lowest BCUT2D eigenvalue weighted by Gasteiger charge is -2.08. The van der Waals surface area contributed by atoms with Crippen molar-refractivity contribution in [2.24, 2.45) is 5.92 Å². The summed E-state index contributed by atoms with van der Waals surface area (Å²) in [5.74, 6) is 0.585. The van der Waals surface area contributed by atoms with Crippen LogP contribution in [0.25, 0.3) is 0 Å². The standard InChI is InChI=1S/C12H11ClO3/c1-2-15-12(14)9-8-6-4-3-5-7(13)10(6)16-11(8)9/h3-5,8-9,11H,2H2,1H3/t8-,9-,11-/m1/s1. The van der Waals surface area contributed by atoms with Gasteiger partial charge >= 0.3 is 5.97 Å². The van der Waals surface area contributed by atoms with Gasteiger partial charge in [-0.3, -0.25) is 4.79 Å². The maximum absolute atomic E-state index is 11.6. The van der Waals surface area contributed by atoms with Crippen LogP contribution >= 0.6 is 11.6 Å². The van der Waals surface area contributed by atoms with E-state index in [9.17, 15) is 4.79 Å². The molecule has 0 unspecified atom stereocenters. The van der Waals surface area contributed by atoms with E-state index in [4.69, 9.17) is 21.1 Å². The summed E-state index contributed by atoms with van der Waals surface area (Å²) in [5, 5.41) is 0.618. The van der Waals surface area contributed by atoms with Crippen molar-refractivity contribution in [3.63, 3.8) is 0 Å². The van der Waals surface area contributed by atoms with Crippen molar-refractivity contribution in [1.82, 2.24) is 0 Å². The number of para-hydroxylation sites is 1. The van der Waals surface area contributed by atoms with Crippen LogP contribution in [0, 0.1) is 5.92 Å². The van der Waals surface area contributed by atoms with Crippen molar-refractivity contribution in [2.45, 2.75) is 18.9 Å². The van der Waals surface area contributed by atoms with Crippen molar-refractivity contribution in [3.05, 3.63) is 28.8 Å². The monoisotopic (exact) mass is 238 g/mol. The Morgan fingerprint density at radius 2 is 2.38 bits per heavy atom. The lowest BCUT2D eigenvalue weighted by Crippen LogP contribution is -2.13. The highest BCUT2D eigenvalue weighted by Crippen LogP contribution is 2.60. The Morgan fingerprint density at radius 3 is 3.12 bits per heavy atom. The SMILES string of the molecule is CCOC(=O)[C@H]1[C@@H]2Oc3c(Cl)cccc3[C@@H]21. The molecule has 16 heavy (non-hydrogen) atoms. The molecule has 3 nitrogen and oxygen atoms in total. The topological polar surface area (TPSA) is 35.5 Å². The third kappa shape index (κ3) is 1.24. The van der Waals surface area contributed by atoms with Crippen molar-refractivity contribution in [1.29, 1.82) is 0 Å². The highest BCUT2D eigenvalue weighted by atomic mass is 35.5. The van der Waals surface area contributed by atoms with E-state index < -0.39 is 0 Å². The average Bonchev–Trinajstić information content (AvgIpc) is 2.85. The van der Waals surface area contributed by atoms with E-state index in [-0.39, 0.29) is 23.9 Å². The van der Waals surface area contributed by atoms with Gasteiger partial charge in [-0.2, -0.15) is 0 Å². The first-order valence-corrected chi connectivity index (χ1v) is 5.73. The van der Waals surface area contributed by atoms with E-state index in [1.165, 1.54) is 0 Å². The van der Waals surface area contributed by atoms with Gasteiger partial charge in [0.2, 0.25) is 0 Å². The highest BCUT2D eigenvalue weighted by Gasteiger charge is 2.63. The fourth-order valence-electron chi connectivity index (χ4n) is 2.37. The Morgan fingerprint density at radius 1 is 1.56 bits per heavy atom. The van der Waals surface area contributed by atoms with E-state index in [1.807, 2.05) is 19.1 Å². The summed E-state index contributed by atoms with van der Waals surface area (Å²) < 4.78 is 10.7. The molecule has 3 rings (SSSR count). The molecule has 1 aromatic carbocycles. The summed E-state index contributed by atoms with van der Waals surface area (Å²) in [7, 11) is 0. The number of halogens is 1. The fourth-order valence-corrected chi connectivity index (χ4v) is 2.59. The molecule has 1 aromatic rings. The molecule has 1 saturated carbocycles. The largest absolute Gasteiger partial charge is 0.487 e. The third-order valence-corrected chi connectivity index (χ3v) is 3.42. The van der Waals surface area contributed by atoms with Crippen molar-refractivity contribution >= 4 is 17.6 Å². The van der Waals surface area contributed by atoms with Crippen LogP contribution in [0.5, 0.6) is 5.75 Å². The molecule has 3 atom stereocenters. The normalized spacial score (nSPS) is 29.0. The van der Waals surface area contributed by atoms with Crippen LogP contribution < -0.4 is 4.74 Å². The summed E-state index contributed by atoms with van der Waals surface area (Å²) in [6.45, 7) is 2.22. The Balaban J connectivity index is 1.85. The summed E-state index contributed by atoms with van der Waals surface area (Å²) in [5.41, 5.74) is 1.04. The molecule has 0 radical (unpaired) electrons. The van der Waals surface area contributed by atoms with E-state index in [1.54, 1.807) is 6.07 Å². The fraction of sp³-hybridized carbons (Fsp3) is 0.417. The number of carbonyl (C=O) groups is 1. The molecule has 0 amide bonds. The number of benzene rings is 1. The number of rotatable bonds is 2. The van der Waals surface area contributed by atoms with Gasteiger partial charge in [-0.05, 0) is 13.0 Å². The number of hydrogen-bond donors (Lipinski definition) is 0. The summed E-state index contributed by atoms with van der Waals surface area (Å²) in [6, 6.07) is 5.64. The molecule has 0 saturated heterocycles. The molecule has 1 aliphatic carbocycles. The molecule has 4 heteroatoms. The Labute approximate surface area is 98.3 Å². The van der Waals surface area contributed by atoms with Crippen LogP contribution in [0.4, 0.5) is 0 Å². The van der Waals surface area contributed by atoms with Crippen molar-refractivity contribution in [3.8, 4) is 5.75 Å². The van der Waals surface area contributed by atoms with Gasteiger partial charge in [0.1, 0.15) is 17.8 Å². The molecule has 1 fully saturated rings. The van der Waals surface area contributed by atoms with E-state index in [2.05, 4.69) is 0 Å². The average molecular weight is 239 g/mol. The lowest BCUT2D eigenvalue weighted by atomic mass is 10.1. The Kier molecular flexibility index (Phi) is 2.11. The van der Waals surface area contributed by atoms with Gasteiger partial charge in [0.05, 0.1) is 11.6 Å². The minimum Gasteiger partial charge on any atom is -0.487 e. The molecule has 0 spiro atoms. The van der Waals surface area contributed by atoms with Gasteiger partial charge in [0, 0.05) is 11.5 Å². The first-order valence-electron chi connectivity index (χ1n) is 5.35. The number of hydrogen-bond acceptors (Lipinski definition) is 3. The van der Waals surface area contributed by atoms with Crippen LogP contribution in [-0.4, -0.2) is 18.7 Å². The third-order valence-electron chi connectivity index (χ3n) is 3.12. The second-order valence-corrected chi connectivity index (χ2v) is 4.45. The molecule has 84 valence electrons. The maximum Gasteiger partial charge on any atom is 0.313 e. The zero-order valence-electron chi connectivity index (χ0n) is 8.77. The maximum atomic E-state index is 11.6. The smallest absolute Gasteiger partial charge is 0.313 e. The molecular weight excluding hydrogens is 228 g/mol. The summed E-state index contributed by atoms with van der Waals surface area (Å²) >= 11 is 6.00. The van der Waals surface area contributed by atoms with Crippen molar-refractivity contribution in [2.75, 3.05) is 6.61 Å². The van der Waals surface area contributed by atoms with E-state index >= 15 is 0 Å². The van der Waals surface area contributed by atoms with Gasteiger partial charge in [0.15, 0.2) is 0 Å². The minimum absolute atomic E-state index is 0.0612. The van der Waals surface area contributed by atoms with Gasteiger partial charge in [-0.1, -0.05) is 23.7 Å². The predicted molar refractivity (Wildman–Crippen MR) is 58.7 cm³/mol. The van der Waals surface area contributed by atoms with Gasteiger partial charge in [0.25, 0.3) is 0 Å². The molecule has 2 aliphatic rings. The number of carbonyl (C=O) groups excluding carboxylic acids is 1. The van der Waals surface area contributed by atoms with Crippen LogP contribution in [0.2, 0.25) is 5.02 Å². The number of esters is 1. The van der Waals surface area contributed by atoms with Crippen LogP contribution in [-0.2, 0) is 9.53 Å². The van der Waals surface area contributed by atoms with E-state index in [0.717, 1.165) is 11.3 Å². The molecule has 1 heterocycles. The summed E-state index contributed by atoms with van der Waals surface area (Å²) in [4.78, 5) is 11.6. The predicted octanol–water partition coefficient (Wildman–Crippen LogP) is 2.38. The van der Waals surface area contributed by atoms with Gasteiger partial charge in [-0.25, -0.2) is 0 Å². The number of fused-ring (bicyclic) bond motifs is 3. The minimum atomic E-state index is -0.164. The molecule has 0 N–H and O–H groups in total. The molecule has 1 aliphatic heterocycles. The molecule has 0 aromatic heterocycles. The quantitative estimate of drug-likeness (QED) is 0.742. The Hall–Kier alpha value is -1.22. The molecule has 0 bridgehead atoms. The van der Waals surface area contributed by atoms with Crippen LogP contribution in [0.1, 0.15) is 18.4 Å². The lowest BCUT2D eigenvalue weighted by molar-refractivity contribution is -0.145. The Bertz CT molecular complexity index is 458. The molecular formula is C12H11ClO3. The second kappa shape index (κ2) is 3.39. The summed E-state index contributed by atoms with van der Waals surface area (Å²) in [6.07, 6.45) is -0.0612. The van der Waals surface area contributed by atoms with Crippen LogP contribution in [0.15, 0.2) is 18.2 Å². The zero-order valence-corrected chi connectivity index (χ0v) is 9.53. The number of ether oxygens (including phenoxy) is 2. The van der Waals surface area contributed by atoms with E-state index in [0.29, 0.717) is 11.6 Å². The zero-order chi connectivity index (χ0) is 11.3. The highest BCUT2D eigenvalue weighted by molar-refractivity contribution is 6.32. The van der Waals surface area contributed by atoms with Gasteiger partial charge in [-0.15, -0.1) is 0 Å². The van der Waals surface area contributed by atoms with Crippen molar-refractivity contribution < 1.29 is 14.3 Å².